The predicted molar refractivity (Wildman–Crippen MR) is 78.8 cm³/mol. The minimum atomic E-state index is -0.969. The Balaban J connectivity index is 2.05. The lowest BCUT2D eigenvalue weighted by molar-refractivity contribution is 0.0695. The number of carboxylic acids is 1. The molecule has 1 atom stereocenters. The highest BCUT2D eigenvalue weighted by molar-refractivity contribution is 5.92. The van der Waals surface area contributed by atoms with Crippen LogP contribution in [-0.4, -0.2) is 47.8 Å². The molecule has 1 aromatic rings. The van der Waals surface area contributed by atoms with E-state index in [0.29, 0.717) is 30.9 Å². The van der Waals surface area contributed by atoms with Gasteiger partial charge in [-0.25, -0.2) is 9.59 Å². The van der Waals surface area contributed by atoms with E-state index < -0.39 is 5.97 Å². The number of carbonyl (C=O) groups excluding carboxylic acids is 1. The number of ether oxygens (including phenoxy) is 1. The lowest BCUT2D eigenvalue weighted by Crippen LogP contribution is -2.38. The van der Waals surface area contributed by atoms with Crippen molar-refractivity contribution >= 4 is 17.7 Å². The highest BCUT2D eigenvalue weighted by Gasteiger charge is 2.20. The van der Waals surface area contributed by atoms with Gasteiger partial charge in [-0.3, -0.25) is 0 Å². The van der Waals surface area contributed by atoms with Crippen molar-refractivity contribution in [3.05, 3.63) is 29.3 Å². The first-order valence-electron chi connectivity index (χ1n) is 6.99. The fraction of sp³-hybridized carbons (Fsp3) is 0.467. The number of urea groups is 1. The van der Waals surface area contributed by atoms with Gasteiger partial charge in [0.15, 0.2) is 0 Å². The molecule has 1 aromatic carbocycles. The standard InChI is InChI=1S/C15H20N2O4/c1-10-8-12(4-5-13(10)14(18)19)16-15(20)17-6-3-7-21-11(2)9-17/h4-5,8,11H,3,6-7,9H2,1-2H3,(H,16,20)(H,18,19). The molecular formula is C15H20N2O4. The summed E-state index contributed by atoms with van der Waals surface area (Å²) >= 11 is 0. The molecule has 1 saturated heterocycles. The largest absolute Gasteiger partial charge is 0.478 e. The number of rotatable bonds is 2. The zero-order chi connectivity index (χ0) is 15.4. The predicted octanol–water partition coefficient (Wildman–Crippen LogP) is 2.34. The molecule has 6 nitrogen and oxygen atoms in total. The smallest absolute Gasteiger partial charge is 0.335 e. The van der Waals surface area contributed by atoms with Crippen LogP contribution in [0.25, 0.3) is 0 Å². The van der Waals surface area contributed by atoms with Crippen molar-refractivity contribution in [2.45, 2.75) is 26.4 Å². The van der Waals surface area contributed by atoms with Gasteiger partial charge in [-0.15, -0.1) is 0 Å². The first-order chi connectivity index (χ1) is 9.97. The summed E-state index contributed by atoms with van der Waals surface area (Å²) in [7, 11) is 0. The van der Waals surface area contributed by atoms with E-state index in [4.69, 9.17) is 9.84 Å². The Kier molecular flexibility index (Phi) is 4.80. The molecule has 0 aliphatic carbocycles. The third kappa shape index (κ3) is 3.95. The molecule has 0 spiro atoms. The van der Waals surface area contributed by atoms with Crippen LogP contribution in [0, 0.1) is 6.92 Å². The van der Waals surface area contributed by atoms with E-state index in [1.807, 2.05) is 6.92 Å². The van der Waals surface area contributed by atoms with Gasteiger partial charge in [0.25, 0.3) is 0 Å². The zero-order valence-corrected chi connectivity index (χ0v) is 12.3. The maximum atomic E-state index is 12.2. The third-order valence-corrected chi connectivity index (χ3v) is 3.45. The second kappa shape index (κ2) is 6.58. The fourth-order valence-electron chi connectivity index (χ4n) is 2.36. The maximum Gasteiger partial charge on any atom is 0.335 e. The first-order valence-corrected chi connectivity index (χ1v) is 6.99. The van der Waals surface area contributed by atoms with Crippen molar-refractivity contribution in [2.24, 2.45) is 0 Å². The number of aryl methyl sites for hydroxylation is 1. The maximum absolute atomic E-state index is 12.2. The average molecular weight is 292 g/mol. The Morgan fingerprint density at radius 3 is 2.86 bits per heavy atom. The average Bonchev–Trinajstić information content (AvgIpc) is 2.63. The number of carbonyl (C=O) groups is 2. The SMILES string of the molecule is Cc1cc(NC(=O)N2CCCOC(C)C2)ccc1C(=O)O. The van der Waals surface area contributed by atoms with Crippen molar-refractivity contribution in [3.63, 3.8) is 0 Å². The van der Waals surface area contributed by atoms with Gasteiger partial charge in [0, 0.05) is 25.4 Å². The first kappa shape index (κ1) is 15.3. The van der Waals surface area contributed by atoms with Crippen LogP contribution in [0.1, 0.15) is 29.3 Å². The molecule has 2 amide bonds. The third-order valence-electron chi connectivity index (χ3n) is 3.45. The number of amides is 2. The molecule has 0 saturated carbocycles. The summed E-state index contributed by atoms with van der Waals surface area (Å²) < 4.78 is 5.51. The van der Waals surface area contributed by atoms with E-state index in [0.717, 1.165) is 6.42 Å². The van der Waals surface area contributed by atoms with Gasteiger partial charge < -0.3 is 20.1 Å². The molecular weight excluding hydrogens is 272 g/mol. The zero-order valence-electron chi connectivity index (χ0n) is 12.3. The van der Waals surface area contributed by atoms with Crippen LogP contribution < -0.4 is 5.32 Å². The summed E-state index contributed by atoms with van der Waals surface area (Å²) in [6.07, 6.45) is 0.837. The molecule has 1 fully saturated rings. The minimum Gasteiger partial charge on any atom is -0.478 e. The molecule has 0 aromatic heterocycles. The monoisotopic (exact) mass is 292 g/mol. The van der Waals surface area contributed by atoms with Crippen LogP contribution in [0.4, 0.5) is 10.5 Å². The van der Waals surface area contributed by atoms with Crippen molar-refractivity contribution in [2.75, 3.05) is 25.0 Å². The Bertz CT molecular complexity index is 544. The lowest BCUT2D eigenvalue weighted by Gasteiger charge is -2.22. The number of hydrogen-bond donors (Lipinski definition) is 2. The molecule has 0 bridgehead atoms. The molecule has 2 N–H and O–H groups in total. The molecule has 1 heterocycles. The summed E-state index contributed by atoms with van der Waals surface area (Å²) in [5.41, 5.74) is 1.46. The number of carboxylic acid groups (broad SMARTS) is 1. The van der Waals surface area contributed by atoms with Crippen molar-refractivity contribution in [1.29, 1.82) is 0 Å². The topological polar surface area (TPSA) is 78.9 Å². The summed E-state index contributed by atoms with van der Waals surface area (Å²) in [5, 5.41) is 11.8. The molecule has 1 aliphatic heterocycles. The Morgan fingerprint density at radius 2 is 2.19 bits per heavy atom. The van der Waals surface area contributed by atoms with Crippen molar-refractivity contribution < 1.29 is 19.4 Å². The molecule has 1 aliphatic rings. The van der Waals surface area contributed by atoms with E-state index in [9.17, 15) is 9.59 Å². The van der Waals surface area contributed by atoms with Crippen LogP contribution in [0.2, 0.25) is 0 Å². The van der Waals surface area contributed by atoms with Crippen LogP contribution in [0.5, 0.6) is 0 Å². The molecule has 21 heavy (non-hydrogen) atoms. The molecule has 6 heteroatoms. The van der Waals surface area contributed by atoms with Gasteiger partial charge in [0.2, 0.25) is 0 Å². The highest BCUT2D eigenvalue weighted by Crippen LogP contribution is 2.16. The number of nitrogens with zero attached hydrogens (tertiary/aromatic N) is 1. The van der Waals surface area contributed by atoms with Gasteiger partial charge in [-0.05, 0) is 44.0 Å². The van der Waals surface area contributed by atoms with Gasteiger partial charge in [0.05, 0.1) is 11.7 Å². The van der Waals surface area contributed by atoms with Crippen molar-refractivity contribution in [3.8, 4) is 0 Å². The van der Waals surface area contributed by atoms with Crippen LogP contribution in [0.15, 0.2) is 18.2 Å². The number of anilines is 1. The van der Waals surface area contributed by atoms with Gasteiger partial charge in [-0.2, -0.15) is 0 Å². The summed E-state index contributed by atoms with van der Waals surface area (Å²) in [5.74, 6) is -0.969. The van der Waals surface area contributed by atoms with E-state index in [-0.39, 0.29) is 17.7 Å². The minimum absolute atomic E-state index is 0.0226. The molecule has 0 radical (unpaired) electrons. The Morgan fingerprint density at radius 1 is 1.43 bits per heavy atom. The summed E-state index contributed by atoms with van der Waals surface area (Å²) in [6, 6.07) is 4.59. The Hall–Kier alpha value is -2.08. The number of nitrogens with one attached hydrogen (secondary N) is 1. The van der Waals surface area contributed by atoms with Crippen molar-refractivity contribution in [1.82, 2.24) is 4.90 Å². The van der Waals surface area contributed by atoms with Crippen LogP contribution in [-0.2, 0) is 4.74 Å². The van der Waals surface area contributed by atoms with Gasteiger partial charge >= 0.3 is 12.0 Å². The Labute approximate surface area is 123 Å². The van der Waals surface area contributed by atoms with Gasteiger partial charge in [0.1, 0.15) is 0 Å². The molecule has 2 rings (SSSR count). The fourth-order valence-corrected chi connectivity index (χ4v) is 2.36. The number of aromatic carboxylic acids is 1. The van der Waals surface area contributed by atoms with E-state index in [1.165, 1.54) is 6.07 Å². The summed E-state index contributed by atoms with van der Waals surface area (Å²) in [6.45, 7) is 5.52. The second-order valence-corrected chi connectivity index (χ2v) is 5.25. The summed E-state index contributed by atoms with van der Waals surface area (Å²) in [4.78, 5) is 24.9. The van der Waals surface area contributed by atoms with E-state index in [1.54, 1.807) is 24.0 Å². The second-order valence-electron chi connectivity index (χ2n) is 5.25. The van der Waals surface area contributed by atoms with Crippen LogP contribution >= 0.6 is 0 Å². The van der Waals surface area contributed by atoms with E-state index >= 15 is 0 Å². The molecule has 114 valence electrons. The molecule has 1 unspecified atom stereocenters. The quantitative estimate of drug-likeness (QED) is 0.877. The number of hydrogen-bond acceptors (Lipinski definition) is 3. The lowest BCUT2D eigenvalue weighted by atomic mass is 10.1. The highest BCUT2D eigenvalue weighted by atomic mass is 16.5. The van der Waals surface area contributed by atoms with Crippen LogP contribution in [0.3, 0.4) is 0 Å². The normalized spacial score (nSPS) is 19.0. The van der Waals surface area contributed by atoms with Gasteiger partial charge in [-0.1, -0.05) is 0 Å². The number of benzene rings is 1. The van der Waals surface area contributed by atoms with E-state index in [2.05, 4.69) is 5.32 Å².